The van der Waals surface area contributed by atoms with E-state index in [4.69, 9.17) is 9.47 Å². The number of anilines is 2. The van der Waals surface area contributed by atoms with Gasteiger partial charge < -0.3 is 20.1 Å². The monoisotopic (exact) mass is 362 g/mol. The molecule has 8 nitrogen and oxygen atoms in total. The van der Waals surface area contributed by atoms with Crippen LogP contribution in [-0.2, 0) is 9.59 Å². The van der Waals surface area contributed by atoms with Gasteiger partial charge in [0.05, 0.1) is 25.7 Å². The maximum Gasteiger partial charge on any atom is 0.234 e. The van der Waals surface area contributed by atoms with Crippen LogP contribution in [0.3, 0.4) is 0 Å². The quantitative estimate of drug-likeness (QED) is 0.728. The number of nitrogens with one attached hydrogen (secondary N) is 2. The van der Waals surface area contributed by atoms with E-state index in [1.54, 1.807) is 37.4 Å². The van der Waals surface area contributed by atoms with Gasteiger partial charge >= 0.3 is 0 Å². The Morgan fingerprint density at radius 2 is 1.88 bits per heavy atom. The van der Waals surface area contributed by atoms with Crippen LogP contribution < -0.4 is 20.1 Å². The molecule has 2 amide bonds. The molecule has 2 rings (SSSR count). The standard InChI is InChI=1S/C16H18N4O4S/c1-10(21)17-14-6-7-16(20-19-14)25-9-15(22)18-12-8-11(23-2)4-5-13(12)24-3/h4-8H,9H2,1-3H3,(H,18,22)(H,17,19,21). The summed E-state index contributed by atoms with van der Waals surface area (Å²) in [5.74, 6) is 1.23. The Morgan fingerprint density at radius 1 is 1.08 bits per heavy atom. The van der Waals surface area contributed by atoms with Crippen LogP contribution in [0.2, 0.25) is 0 Å². The van der Waals surface area contributed by atoms with E-state index in [0.717, 1.165) is 0 Å². The van der Waals surface area contributed by atoms with E-state index >= 15 is 0 Å². The average molecular weight is 362 g/mol. The summed E-state index contributed by atoms with van der Waals surface area (Å²) in [6.45, 7) is 1.39. The summed E-state index contributed by atoms with van der Waals surface area (Å²) < 4.78 is 10.4. The highest BCUT2D eigenvalue weighted by Crippen LogP contribution is 2.29. The second-order valence-electron chi connectivity index (χ2n) is 4.84. The Balaban J connectivity index is 1.93. The Hall–Kier alpha value is -2.81. The molecule has 2 N–H and O–H groups in total. The Labute approximate surface area is 149 Å². The van der Waals surface area contributed by atoms with Crippen molar-refractivity contribution in [2.75, 3.05) is 30.6 Å². The third-order valence-electron chi connectivity index (χ3n) is 2.98. The molecule has 0 spiro atoms. The predicted octanol–water partition coefficient (Wildman–Crippen LogP) is 2.18. The fourth-order valence-electron chi connectivity index (χ4n) is 1.88. The first-order chi connectivity index (χ1) is 12.0. The molecule has 0 fully saturated rings. The van der Waals surface area contributed by atoms with Gasteiger partial charge in [0, 0.05) is 13.0 Å². The Morgan fingerprint density at radius 3 is 2.48 bits per heavy atom. The van der Waals surface area contributed by atoms with Gasteiger partial charge in [0.25, 0.3) is 0 Å². The van der Waals surface area contributed by atoms with Crippen LogP contribution in [0.25, 0.3) is 0 Å². The van der Waals surface area contributed by atoms with Crippen LogP contribution in [0.1, 0.15) is 6.92 Å². The molecule has 25 heavy (non-hydrogen) atoms. The molecular formula is C16H18N4O4S. The molecule has 0 aliphatic carbocycles. The number of aromatic nitrogens is 2. The predicted molar refractivity (Wildman–Crippen MR) is 95.2 cm³/mol. The van der Waals surface area contributed by atoms with Crippen LogP contribution in [0.15, 0.2) is 35.4 Å². The largest absolute Gasteiger partial charge is 0.497 e. The number of benzene rings is 1. The van der Waals surface area contributed by atoms with E-state index in [0.29, 0.717) is 28.0 Å². The van der Waals surface area contributed by atoms with Gasteiger partial charge in [-0.15, -0.1) is 10.2 Å². The van der Waals surface area contributed by atoms with Gasteiger partial charge in [-0.05, 0) is 24.3 Å². The summed E-state index contributed by atoms with van der Waals surface area (Å²) in [7, 11) is 3.07. The number of ether oxygens (including phenoxy) is 2. The lowest BCUT2D eigenvalue weighted by Gasteiger charge is -2.11. The number of hydrogen-bond acceptors (Lipinski definition) is 7. The number of amides is 2. The number of nitrogens with zero attached hydrogens (tertiary/aromatic N) is 2. The SMILES string of the molecule is COc1ccc(OC)c(NC(=O)CSc2ccc(NC(C)=O)nn2)c1. The van der Waals surface area contributed by atoms with Gasteiger partial charge in [0.2, 0.25) is 11.8 Å². The van der Waals surface area contributed by atoms with Crippen molar-refractivity contribution < 1.29 is 19.1 Å². The summed E-state index contributed by atoms with van der Waals surface area (Å²) in [5, 5.41) is 13.7. The van der Waals surface area contributed by atoms with Crippen molar-refractivity contribution >= 4 is 35.1 Å². The molecule has 0 radical (unpaired) electrons. The molecule has 2 aromatic rings. The maximum atomic E-state index is 12.1. The molecule has 0 atom stereocenters. The van der Waals surface area contributed by atoms with E-state index in [2.05, 4.69) is 20.8 Å². The van der Waals surface area contributed by atoms with Gasteiger partial charge in [0.1, 0.15) is 16.5 Å². The van der Waals surface area contributed by atoms with E-state index < -0.39 is 0 Å². The maximum absolute atomic E-state index is 12.1. The van der Waals surface area contributed by atoms with Crippen molar-refractivity contribution in [3.8, 4) is 11.5 Å². The van der Waals surface area contributed by atoms with Crippen LogP contribution in [0.5, 0.6) is 11.5 Å². The third kappa shape index (κ3) is 5.64. The van der Waals surface area contributed by atoms with E-state index in [9.17, 15) is 9.59 Å². The summed E-state index contributed by atoms with van der Waals surface area (Å²) >= 11 is 1.23. The molecule has 9 heteroatoms. The minimum absolute atomic E-state index is 0.147. The number of hydrogen-bond donors (Lipinski definition) is 2. The number of thioether (sulfide) groups is 1. The number of rotatable bonds is 7. The second kappa shape index (κ2) is 8.88. The van der Waals surface area contributed by atoms with Gasteiger partial charge in [-0.1, -0.05) is 11.8 Å². The van der Waals surface area contributed by atoms with E-state index in [1.165, 1.54) is 25.8 Å². The smallest absolute Gasteiger partial charge is 0.234 e. The molecule has 0 aliphatic heterocycles. The first-order valence-electron chi connectivity index (χ1n) is 7.28. The fraction of sp³-hybridized carbons (Fsp3) is 0.250. The zero-order valence-corrected chi connectivity index (χ0v) is 14.8. The lowest BCUT2D eigenvalue weighted by molar-refractivity contribution is -0.114. The van der Waals surface area contributed by atoms with Gasteiger partial charge in [-0.25, -0.2) is 0 Å². The third-order valence-corrected chi connectivity index (χ3v) is 3.90. The highest BCUT2D eigenvalue weighted by molar-refractivity contribution is 7.99. The van der Waals surface area contributed by atoms with Crippen LogP contribution in [0.4, 0.5) is 11.5 Å². The van der Waals surface area contributed by atoms with Crippen molar-refractivity contribution in [1.29, 1.82) is 0 Å². The van der Waals surface area contributed by atoms with Gasteiger partial charge in [-0.2, -0.15) is 0 Å². The lowest BCUT2D eigenvalue weighted by atomic mass is 10.2. The van der Waals surface area contributed by atoms with Crippen molar-refractivity contribution in [3.63, 3.8) is 0 Å². The van der Waals surface area contributed by atoms with E-state index in [1.807, 2.05) is 0 Å². The zero-order valence-electron chi connectivity index (χ0n) is 14.0. The van der Waals surface area contributed by atoms with Crippen LogP contribution in [-0.4, -0.2) is 42.0 Å². The highest BCUT2D eigenvalue weighted by atomic mass is 32.2. The topological polar surface area (TPSA) is 102 Å². The summed E-state index contributed by atoms with van der Waals surface area (Å²) in [4.78, 5) is 23.1. The van der Waals surface area contributed by atoms with Crippen molar-refractivity contribution in [1.82, 2.24) is 10.2 Å². The van der Waals surface area contributed by atoms with Crippen LogP contribution in [0, 0.1) is 0 Å². The molecule has 0 unspecified atom stereocenters. The number of carbonyl (C=O) groups excluding carboxylic acids is 2. The summed E-state index contributed by atoms with van der Waals surface area (Å²) in [6.07, 6.45) is 0. The van der Waals surface area contributed by atoms with Gasteiger partial charge in [0.15, 0.2) is 5.82 Å². The number of carbonyl (C=O) groups is 2. The van der Waals surface area contributed by atoms with Crippen LogP contribution >= 0.6 is 11.8 Å². The highest BCUT2D eigenvalue weighted by Gasteiger charge is 2.10. The normalized spacial score (nSPS) is 10.0. The minimum atomic E-state index is -0.221. The molecule has 1 aromatic heterocycles. The first-order valence-corrected chi connectivity index (χ1v) is 8.26. The lowest BCUT2D eigenvalue weighted by Crippen LogP contribution is -2.15. The molecule has 0 aliphatic rings. The minimum Gasteiger partial charge on any atom is -0.497 e. The van der Waals surface area contributed by atoms with Crippen molar-refractivity contribution in [3.05, 3.63) is 30.3 Å². The van der Waals surface area contributed by atoms with Crippen molar-refractivity contribution in [2.45, 2.75) is 11.9 Å². The van der Waals surface area contributed by atoms with Gasteiger partial charge in [-0.3, -0.25) is 9.59 Å². The first kappa shape index (κ1) is 18.5. The molecule has 0 saturated carbocycles. The summed E-state index contributed by atoms with van der Waals surface area (Å²) in [6, 6.07) is 8.45. The molecule has 1 aromatic carbocycles. The Kier molecular flexibility index (Phi) is 6.58. The second-order valence-corrected chi connectivity index (χ2v) is 5.84. The molecule has 0 saturated heterocycles. The molecule has 1 heterocycles. The van der Waals surface area contributed by atoms with E-state index in [-0.39, 0.29) is 17.6 Å². The fourth-order valence-corrected chi connectivity index (χ4v) is 2.50. The summed E-state index contributed by atoms with van der Waals surface area (Å²) in [5.41, 5.74) is 0.527. The average Bonchev–Trinajstić information content (AvgIpc) is 2.60. The molecule has 132 valence electrons. The number of methoxy groups -OCH3 is 2. The molecular weight excluding hydrogens is 344 g/mol. The molecule has 0 bridgehead atoms. The van der Waals surface area contributed by atoms with Crippen molar-refractivity contribution in [2.24, 2.45) is 0 Å². The zero-order chi connectivity index (χ0) is 18.2. The Bertz CT molecular complexity index is 752.